The van der Waals surface area contributed by atoms with Crippen molar-refractivity contribution in [3.8, 4) is 11.5 Å². The second-order valence-electron chi connectivity index (χ2n) is 4.61. The SMILES string of the molecule is CC(N)Cc1cc(Cl)ccc1Oc1cc(Cl)ccc1Cl. The first-order valence-corrected chi connectivity index (χ1v) is 7.26. The predicted octanol–water partition coefficient (Wildman–Crippen LogP) is 5.33. The highest BCUT2D eigenvalue weighted by atomic mass is 35.5. The molecule has 0 aromatic heterocycles. The van der Waals surface area contributed by atoms with E-state index in [9.17, 15) is 0 Å². The van der Waals surface area contributed by atoms with Crippen molar-refractivity contribution in [3.05, 3.63) is 57.0 Å². The van der Waals surface area contributed by atoms with Crippen molar-refractivity contribution in [2.75, 3.05) is 0 Å². The number of ether oxygens (including phenoxy) is 1. The third-order valence-corrected chi connectivity index (χ3v) is 3.46. The lowest BCUT2D eigenvalue weighted by molar-refractivity contribution is 0.474. The lowest BCUT2D eigenvalue weighted by atomic mass is 10.1. The molecule has 0 heterocycles. The Morgan fingerprint density at radius 1 is 1.00 bits per heavy atom. The van der Waals surface area contributed by atoms with Gasteiger partial charge in [0.05, 0.1) is 5.02 Å². The van der Waals surface area contributed by atoms with Gasteiger partial charge < -0.3 is 10.5 Å². The molecule has 0 fully saturated rings. The molecule has 2 nitrogen and oxygen atoms in total. The average Bonchev–Trinajstić information content (AvgIpc) is 2.36. The predicted molar refractivity (Wildman–Crippen MR) is 85.3 cm³/mol. The van der Waals surface area contributed by atoms with E-state index in [4.69, 9.17) is 45.3 Å². The first kappa shape index (κ1) is 15.5. The molecule has 2 N–H and O–H groups in total. The highest BCUT2D eigenvalue weighted by molar-refractivity contribution is 6.34. The van der Waals surface area contributed by atoms with E-state index < -0.39 is 0 Å². The molecule has 2 aromatic carbocycles. The Kier molecular flexibility index (Phi) is 5.17. The molecule has 0 saturated carbocycles. The van der Waals surface area contributed by atoms with Gasteiger partial charge in [-0.1, -0.05) is 34.8 Å². The van der Waals surface area contributed by atoms with Gasteiger partial charge in [-0.25, -0.2) is 0 Å². The Hall–Kier alpha value is -0.930. The standard InChI is InChI=1S/C15H14Cl3NO/c1-9(19)6-10-7-11(16)3-5-14(10)20-15-8-12(17)2-4-13(15)18/h2-5,7-9H,6,19H2,1H3. The monoisotopic (exact) mass is 329 g/mol. The Bertz CT molecular complexity index is 614. The maximum absolute atomic E-state index is 6.10. The normalized spacial score (nSPS) is 12.2. The second-order valence-corrected chi connectivity index (χ2v) is 5.89. The molecule has 0 aliphatic heterocycles. The van der Waals surface area contributed by atoms with Crippen LogP contribution in [-0.2, 0) is 6.42 Å². The van der Waals surface area contributed by atoms with Crippen LogP contribution < -0.4 is 10.5 Å². The highest BCUT2D eigenvalue weighted by Gasteiger charge is 2.10. The summed E-state index contributed by atoms with van der Waals surface area (Å²) in [5.41, 5.74) is 6.78. The Morgan fingerprint density at radius 2 is 1.65 bits per heavy atom. The lowest BCUT2D eigenvalue weighted by Crippen LogP contribution is -2.18. The minimum atomic E-state index is 0.00523. The van der Waals surface area contributed by atoms with Crippen molar-refractivity contribution in [1.82, 2.24) is 0 Å². The number of halogens is 3. The maximum Gasteiger partial charge on any atom is 0.147 e. The summed E-state index contributed by atoms with van der Waals surface area (Å²) >= 11 is 18.1. The largest absolute Gasteiger partial charge is 0.455 e. The highest BCUT2D eigenvalue weighted by Crippen LogP contribution is 2.34. The molecular weight excluding hydrogens is 317 g/mol. The van der Waals surface area contributed by atoms with Crippen molar-refractivity contribution in [3.63, 3.8) is 0 Å². The molecule has 0 saturated heterocycles. The van der Waals surface area contributed by atoms with Gasteiger partial charge in [0, 0.05) is 22.2 Å². The zero-order valence-electron chi connectivity index (χ0n) is 10.9. The summed E-state index contributed by atoms with van der Waals surface area (Å²) in [4.78, 5) is 0. The van der Waals surface area contributed by atoms with Crippen LogP contribution in [0.25, 0.3) is 0 Å². The van der Waals surface area contributed by atoms with E-state index in [0.717, 1.165) is 5.56 Å². The van der Waals surface area contributed by atoms with Crippen molar-refractivity contribution in [1.29, 1.82) is 0 Å². The van der Waals surface area contributed by atoms with E-state index in [-0.39, 0.29) is 6.04 Å². The fraction of sp³-hybridized carbons (Fsp3) is 0.200. The van der Waals surface area contributed by atoms with Crippen molar-refractivity contribution in [2.24, 2.45) is 5.73 Å². The molecule has 2 aromatic rings. The molecule has 5 heteroatoms. The van der Waals surface area contributed by atoms with Crippen LogP contribution in [0.2, 0.25) is 15.1 Å². The summed E-state index contributed by atoms with van der Waals surface area (Å²) in [5.74, 6) is 1.18. The topological polar surface area (TPSA) is 35.2 Å². The molecule has 0 bridgehead atoms. The van der Waals surface area contributed by atoms with Crippen LogP contribution >= 0.6 is 34.8 Å². The Balaban J connectivity index is 2.35. The molecule has 0 spiro atoms. The molecule has 0 radical (unpaired) electrons. The van der Waals surface area contributed by atoms with Gasteiger partial charge in [-0.05, 0) is 49.2 Å². The third kappa shape index (κ3) is 4.03. The molecule has 106 valence electrons. The van der Waals surface area contributed by atoms with E-state index in [1.165, 1.54) is 0 Å². The van der Waals surface area contributed by atoms with Gasteiger partial charge in [-0.2, -0.15) is 0 Å². The molecule has 2 rings (SSSR count). The van der Waals surface area contributed by atoms with Gasteiger partial charge in [-0.15, -0.1) is 0 Å². The minimum absolute atomic E-state index is 0.00523. The fourth-order valence-corrected chi connectivity index (χ4v) is 2.34. The molecule has 0 amide bonds. The zero-order chi connectivity index (χ0) is 14.7. The van der Waals surface area contributed by atoms with E-state index in [1.807, 2.05) is 13.0 Å². The van der Waals surface area contributed by atoms with Gasteiger partial charge >= 0.3 is 0 Å². The summed E-state index contributed by atoms with van der Waals surface area (Å²) in [7, 11) is 0. The number of hydrogen-bond acceptors (Lipinski definition) is 2. The summed E-state index contributed by atoms with van der Waals surface area (Å²) in [6.07, 6.45) is 0.661. The van der Waals surface area contributed by atoms with Crippen molar-refractivity contribution < 1.29 is 4.74 Å². The number of rotatable bonds is 4. The maximum atomic E-state index is 6.10. The number of benzene rings is 2. The minimum Gasteiger partial charge on any atom is -0.455 e. The van der Waals surface area contributed by atoms with Crippen molar-refractivity contribution >= 4 is 34.8 Å². The summed E-state index contributed by atoms with van der Waals surface area (Å²) < 4.78 is 5.85. The second kappa shape index (κ2) is 6.68. The molecular formula is C15H14Cl3NO. The Morgan fingerprint density at radius 3 is 2.35 bits per heavy atom. The van der Waals surface area contributed by atoms with Gasteiger partial charge in [0.15, 0.2) is 0 Å². The summed E-state index contributed by atoms with van der Waals surface area (Å²) in [6, 6.07) is 10.5. The molecule has 0 aliphatic carbocycles. The zero-order valence-corrected chi connectivity index (χ0v) is 13.1. The van der Waals surface area contributed by atoms with E-state index in [1.54, 1.807) is 30.3 Å². The van der Waals surface area contributed by atoms with Crippen molar-refractivity contribution in [2.45, 2.75) is 19.4 Å². The quantitative estimate of drug-likeness (QED) is 0.822. The van der Waals surface area contributed by atoms with Crippen LogP contribution in [0, 0.1) is 0 Å². The van der Waals surface area contributed by atoms with Crippen LogP contribution in [0.5, 0.6) is 11.5 Å². The average molecular weight is 331 g/mol. The summed E-state index contributed by atoms with van der Waals surface area (Å²) in [6.45, 7) is 1.93. The molecule has 1 atom stereocenters. The van der Waals surface area contributed by atoms with Crippen LogP contribution in [0.4, 0.5) is 0 Å². The van der Waals surface area contributed by atoms with Gasteiger partial charge in [-0.3, -0.25) is 0 Å². The van der Waals surface area contributed by atoms with Gasteiger partial charge in [0.2, 0.25) is 0 Å². The molecule has 0 aliphatic rings. The van der Waals surface area contributed by atoms with Gasteiger partial charge in [0.1, 0.15) is 11.5 Å². The lowest BCUT2D eigenvalue weighted by Gasteiger charge is -2.14. The fourth-order valence-electron chi connectivity index (χ4n) is 1.83. The van der Waals surface area contributed by atoms with Crippen LogP contribution in [0.1, 0.15) is 12.5 Å². The first-order valence-electron chi connectivity index (χ1n) is 6.12. The van der Waals surface area contributed by atoms with Gasteiger partial charge in [0.25, 0.3) is 0 Å². The summed E-state index contributed by atoms with van der Waals surface area (Å²) in [5, 5.41) is 1.70. The van der Waals surface area contributed by atoms with Crippen LogP contribution in [0.3, 0.4) is 0 Å². The van der Waals surface area contributed by atoms with E-state index in [2.05, 4.69) is 0 Å². The molecule has 20 heavy (non-hydrogen) atoms. The first-order chi connectivity index (χ1) is 9.45. The van der Waals surface area contributed by atoms with E-state index >= 15 is 0 Å². The Labute approximate surface area is 133 Å². The smallest absolute Gasteiger partial charge is 0.147 e. The number of hydrogen-bond donors (Lipinski definition) is 1. The molecule has 1 unspecified atom stereocenters. The van der Waals surface area contributed by atoms with Crippen LogP contribution in [0.15, 0.2) is 36.4 Å². The third-order valence-electron chi connectivity index (χ3n) is 2.68. The van der Waals surface area contributed by atoms with Crippen LogP contribution in [-0.4, -0.2) is 6.04 Å². The number of nitrogens with two attached hydrogens (primary N) is 1. The van der Waals surface area contributed by atoms with E-state index in [0.29, 0.717) is 33.0 Å².